The maximum atomic E-state index is 6.91. The first-order valence-corrected chi connectivity index (χ1v) is 30.9. The molecule has 0 radical (unpaired) electrons. The highest BCUT2D eigenvalue weighted by atomic mass is 16.3. The highest BCUT2D eigenvalue weighted by Gasteiger charge is 2.30. The van der Waals surface area contributed by atoms with E-state index in [4.69, 9.17) is 28.8 Å². The summed E-state index contributed by atoms with van der Waals surface area (Å²) in [5.41, 5.74) is 17.7. The second-order valence-corrected chi connectivity index (χ2v) is 23.6. The SMILES string of the molecule is CC1=C(c2c(-c3ccc4ccc5ccccc5c4c3)ccc3oc4ccccc4c23)N=C(c2ccccc2)NC1c1ccc(-c2cccc3c2ccc2ccc(-c4ccc(-c5nc(-c6ccccc6)nc(-c6ccccc6)n5)c5c4oc4ccccc45)cc23)cc1. The fourth-order valence-electron chi connectivity index (χ4n) is 13.9. The monoisotopic (exact) mass is 1160 g/mol. The number of para-hydroxylation sites is 2. The van der Waals surface area contributed by atoms with Crippen LogP contribution in [0.4, 0.5) is 0 Å². The Bertz CT molecular complexity index is 5810. The van der Waals surface area contributed by atoms with E-state index < -0.39 is 0 Å². The molecule has 426 valence electrons. The highest BCUT2D eigenvalue weighted by Crippen LogP contribution is 2.47. The van der Waals surface area contributed by atoms with E-state index in [1.807, 2.05) is 78.9 Å². The second kappa shape index (κ2) is 21.1. The summed E-state index contributed by atoms with van der Waals surface area (Å²) in [6.45, 7) is 2.24. The molecule has 1 aliphatic rings. The number of aliphatic imine (C=N–C) groups is 1. The molecule has 18 rings (SSSR count). The molecule has 0 saturated carbocycles. The van der Waals surface area contributed by atoms with Gasteiger partial charge in [0.15, 0.2) is 17.5 Å². The standard InChI is InChI=1S/C84H53N5O2/c1-50-78(85-81(56-19-5-2-6-20-56)86-79(50)77-63(46-47-74-76(77)68-27-14-15-30-72(68)90-74)59-40-36-53-33-32-51-18-11-12-25-62(51)70(53)48-59)55-38-34-52(35-39-55)61-28-17-29-65-66(61)43-42-54-37-41-60(49-71(54)65)64-44-45-69(75-67-26-13-16-31-73(67)91-80(64)75)84-88-82(57-21-7-3-8-22-57)87-83(89-84)58-23-9-4-10-24-58/h2-49,78H,1H3,(H,85,86). The van der Waals surface area contributed by atoms with Crippen LogP contribution < -0.4 is 5.32 Å². The summed E-state index contributed by atoms with van der Waals surface area (Å²) in [6, 6.07) is 103. The molecule has 0 fully saturated rings. The molecule has 17 aromatic rings. The van der Waals surface area contributed by atoms with E-state index in [1.54, 1.807) is 0 Å². The first-order chi connectivity index (χ1) is 45.0. The molecule has 0 bridgehead atoms. The summed E-state index contributed by atoms with van der Waals surface area (Å²) >= 11 is 0. The first-order valence-electron chi connectivity index (χ1n) is 30.9. The van der Waals surface area contributed by atoms with Crippen molar-refractivity contribution in [1.29, 1.82) is 0 Å². The molecule has 7 heteroatoms. The van der Waals surface area contributed by atoms with Crippen molar-refractivity contribution < 1.29 is 8.83 Å². The predicted octanol–water partition coefficient (Wildman–Crippen LogP) is 21.8. The molecule has 91 heavy (non-hydrogen) atoms. The summed E-state index contributed by atoms with van der Waals surface area (Å²) < 4.78 is 13.6. The van der Waals surface area contributed by atoms with Crippen molar-refractivity contribution >= 4 is 98.5 Å². The van der Waals surface area contributed by atoms with Crippen molar-refractivity contribution in [2.75, 3.05) is 0 Å². The molecule has 1 N–H and O–H groups in total. The van der Waals surface area contributed by atoms with E-state index >= 15 is 0 Å². The van der Waals surface area contributed by atoms with Crippen LogP contribution in [0.15, 0.2) is 311 Å². The minimum absolute atomic E-state index is 0.212. The number of benzene rings is 14. The van der Waals surface area contributed by atoms with E-state index in [1.165, 1.54) is 32.3 Å². The van der Waals surface area contributed by atoms with Crippen molar-refractivity contribution in [3.63, 3.8) is 0 Å². The third-order valence-electron chi connectivity index (χ3n) is 18.4. The van der Waals surface area contributed by atoms with Crippen LogP contribution in [0.1, 0.15) is 29.7 Å². The Morgan fingerprint density at radius 3 is 1.54 bits per heavy atom. The molecular weight excluding hydrogens is 1110 g/mol. The van der Waals surface area contributed by atoms with E-state index in [9.17, 15) is 0 Å². The van der Waals surface area contributed by atoms with Gasteiger partial charge in [0.1, 0.15) is 28.2 Å². The van der Waals surface area contributed by atoms with Gasteiger partial charge in [0.25, 0.3) is 0 Å². The lowest BCUT2D eigenvalue weighted by Gasteiger charge is -2.30. The zero-order valence-corrected chi connectivity index (χ0v) is 49.4. The van der Waals surface area contributed by atoms with E-state index in [0.717, 1.165) is 139 Å². The lowest BCUT2D eigenvalue weighted by Crippen LogP contribution is -2.33. The molecular formula is C84H53N5O2. The summed E-state index contributed by atoms with van der Waals surface area (Å²) in [6.07, 6.45) is 0. The third kappa shape index (κ3) is 8.73. The fraction of sp³-hybridized carbons (Fsp3) is 0.0238. The van der Waals surface area contributed by atoms with E-state index in [-0.39, 0.29) is 6.04 Å². The number of hydrogen-bond acceptors (Lipinski definition) is 7. The van der Waals surface area contributed by atoms with Crippen molar-refractivity contribution in [3.8, 4) is 67.5 Å². The molecule has 0 amide bonds. The Balaban J connectivity index is 0.747. The van der Waals surface area contributed by atoms with Gasteiger partial charge in [-0.15, -0.1) is 0 Å². The summed E-state index contributed by atoms with van der Waals surface area (Å²) in [4.78, 5) is 21.0. The molecule has 3 aromatic heterocycles. The molecule has 1 unspecified atom stereocenters. The molecule has 0 saturated heterocycles. The third-order valence-corrected chi connectivity index (χ3v) is 18.4. The van der Waals surface area contributed by atoms with Crippen LogP contribution in [-0.2, 0) is 0 Å². The second-order valence-electron chi connectivity index (χ2n) is 23.6. The molecule has 1 atom stereocenters. The average molecular weight is 1160 g/mol. The Hall–Kier alpha value is -12.1. The summed E-state index contributed by atoms with van der Waals surface area (Å²) in [5.74, 6) is 2.61. The highest BCUT2D eigenvalue weighted by molar-refractivity contribution is 6.19. The average Bonchev–Trinajstić information content (AvgIpc) is 1.75. The normalized spacial score (nSPS) is 13.5. The zero-order valence-electron chi connectivity index (χ0n) is 49.4. The van der Waals surface area contributed by atoms with Crippen molar-refractivity contribution in [2.24, 2.45) is 4.99 Å². The maximum Gasteiger partial charge on any atom is 0.164 e. The smallest absolute Gasteiger partial charge is 0.164 e. The van der Waals surface area contributed by atoms with Crippen LogP contribution in [0.2, 0.25) is 0 Å². The largest absolute Gasteiger partial charge is 0.456 e. The van der Waals surface area contributed by atoms with Gasteiger partial charge >= 0.3 is 0 Å². The van der Waals surface area contributed by atoms with E-state index in [0.29, 0.717) is 17.5 Å². The van der Waals surface area contributed by atoms with Gasteiger partial charge in [-0.2, -0.15) is 0 Å². The molecule has 4 heterocycles. The van der Waals surface area contributed by atoms with Gasteiger partial charge in [0.05, 0.1) is 11.7 Å². The lowest BCUT2D eigenvalue weighted by molar-refractivity contribution is 0.669. The van der Waals surface area contributed by atoms with Gasteiger partial charge in [-0.25, -0.2) is 19.9 Å². The molecule has 1 aliphatic heterocycles. The number of rotatable bonds is 9. The van der Waals surface area contributed by atoms with Crippen LogP contribution in [0.25, 0.3) is 160 Å². The minimum Gasteiger partial charge on any atom is -0.456 e. The van der Waals surface area contributed by atoms with Gasteiger partial charge < -0.3 is 14.2 Å². The number of hydrogen-bond donors (Lipinski definition) is 1. The topological polar surface area (TPSA) is 89.3 Å². The van der Waals surface area contributed by atoms with Gasteiger partial charge in [-0.3, -0.25) is 0 Å². The van der Waals surface area contributed by atoms with Crippen LogP contribution in [-0.4, -0.2) is 20.8 Å². The number of fused-ring (bicyclic) bond motifs is 12. The van der Waals surface area contributed by atoms with Gasteiger partial charge in [0, 0.05) is 54.9 Å². The molecule has 14 aromatic carbocycles. The summed E-state index contributed by atoms with van der Waals surface area (Å²) in [7, 11) is 0. The van der Waals surface area contributed by atoms with Crippen LogP contribution in [0, 0.1) is 0 Å². The van der Waals surface area contributed by atoms with Gasteiger partial charge in [-0.1, -0.05) is 243 Å². The summed E-state index contributed by atoms with van der Waals surface area (Å²) in [5, 5.41) is 17.5. The zero-order chi connectivity index (χ0) is 60.1. The van der Waals surface area contributed by atoms with Gasteiger partial charge in [0.2, 0.25) is 0 Å². The predicted molar refractivity (Wildman–Crippen MR) is 375 cm³/mol. The van der Waals surface area contributed by atoms with Crippen LogP contribution in [0.3, 0.4) is 0 Å². The van der Waals surface area contributed by atoms with E-state index in [2.05, 4.69) is 225 Å². The van der Waals surface area contributed by atoms with Crippen LogP contribution in [0.5, 0.6) is 0 Å². The Morgan fingerprint density at radius 2 is 0.835 bits per heavy atom. The first kappa shape index (κ1) is 52.1. The fourth-order valence-corrected chi connectivity index (χ4v) is 13.9. The molecule has 7 nitrogen and oxygen atoms in total. The van der Waals surface area contributed by atoms with Crippen LogP contribution >= 0.6 is 0 Å². The van der Waals surface area contributed by atoms with Crippen molar-refractivity contribution in [2.45, 2.75) is 13.0 Å². The minimum atomic E-state index is -0.212. The van der Waals surface area contributed by atoms with Gasteiger partial charge in [-0.05, 0) is 137 Å². The van der Waals surface area contributed by atoms with Crippen molar-refractivity contribution in [3.05, 3.63) is 313 Å². The number of nitrogens with zero attached hydrogens (tertiary/aromatic N) is 4. The number of furan rings is 2. The Labute approximate surface area is 523 Å². The Kier molecular flexibility index (Phi) is 12.1. The maximum absolute atomic E-state index is 6.91. The van der Waals surface area contributed by atoms with Crippen molar-refractivity contribution in [1.82, 2.24) is 20.3 Å². The molecule has 0 spiro atoms. The number of amidine groups is 1. The Morgan fingerprint density at radius 1 is 0.319 bits per heavy atom. The number of nitrogens with one attached hydrogen (secondary N) is 1. The molecule has 0 aliphatic carbocycles. The quantitative estimate of drug-likeness (QED) is 0.145. The number of aromatic nitrogens is 3. The lowest BCUT2D eigenvalue weighted by atomic mass is 9.86.